The van der Waals surface area contributed by atoms with Crippen molar-refractivity contribution in [3.63, 3.8) is 0 Å². The van der Waals surface area contributed by atoms with Crippen LogP contribution in [-0.4, -0.2) is 19.7 Å². The fourth-order valence-electron chi connectivity index (χ4n) is 2.09. The third-order valence-electron chi connectivity index (χ3n) is 3.24. The Morgan fingerprint density at radius 1 is 1.13 bits per heavy atom. The van der Waals surface area contributed by atoms with E-state index < -0.39 is 11.6 Å². The molecule has 2 aromatic heterocycles. The zero-order valence-electron chi connectivity index (χ0n) is 12.0. The average Bonchev–Trinajstić information content (AvgIpc) is 2.53. The van der Waals surface area contributed by atoms with Crippen molar-refractivity contribution in [2.24, 2.45) is 7.05 Å². The lowest BCUT2D eigenvalue weighted by Crippen LogP contribution is -2.18. The van der Waals surface area contributed by atoms with E-state index in [9.17, 15) is 13.6 Å². The Morgan fingerprint density at radius 3 is 2.61 bits per heavy atom. The second-order valence-electron chi connectivity index (χ2n) is 4.80. The second-order valence-corrected chi connectivity index (χ2v) is 4.80. The van der Waals surface area contributed by atoms with E-state index in [1.165, 1.54) is 31.4 Å². The third kappa shape index (κ3) is 2.78. The number of aromatic nitrogens is 4. The van der Waals surface area contributed by atoms with Crippen LogP contribution in [0.25, 0.3) is 22.5 Å². The summed E-state index contributed by atoms with van der Waals surface area (Å²) in [6.45, 7) is 0. The number of hydrogen-bond acceptors (Lipinski definition) is 5. The molecule has 0 bridgehead atoms. The Morgan fingerprint density at radius 2 is 1.91 bits per heavy atom. The van der Waals surface area contributed by atoms with Gasteiger partial charge < -0.3 is 5.73 Å². The van der Waals surface area contributed by atoms with Gasteiger partial charge in [-0.2, -0.15) is 5.10 Å². The first-order valence-corrected chi connectivity index (χ1v) is 6.58. The molecule has 116 valence electrons. The molecule has 0 amide bonds. The van der Waals surface area contributed by atoms with Gasteiger partial charge in [0.1, 0.15) is 0 Å². The highest BCUT2D eigenvalue weighted by molar-refractivity contribution is 5.78. The highest BCUT2D eigenvalue weighted by Crippen LogP contribution is 2.29. The topological polar surface area (TPSA) is 86.7 Å². The molecule has 3 aromatic rings. The Balaban J connectivity index is 2.23. The minimum atomic E-state index is -1.00. The molecule has 0 spiro atoms. The summed E-state index contributed by atoms with van der Waals surface area (Å²) in [6, 6.07) is 6.24. The molecule has 0 radical (unpaired) electrons. The summed E-state index contributed by atoms with van der Waals surface area (Å²) in [7, 11) is 1.50. The van der Waals surface area contributed by atoms with Crippen molar-refractivity contribution < 1.29 is 8.78 Å². The molecule has 2 heterocycles. The first-order valence-electron chi connectivity index (χ1n) is 6.58. The molecule has 2 N–H and O–H groups in total. The molecule has 0 aliphatic heterocycles. The number of benzene rings is 1. The molecular formula is C15H11F2N5O. The van der Waals surface area contributed by atoms with Crippen molar-refractivity contribution in [1.82, 2.24) is 19.7 Å². The van der Waals surface area contributed by atoms with Crippen LogP contribution >= 0.6 is 0 Å². The van der Waals surface area contributed by atoms with E-state index in [1.54, 1.807) is 0 Å². The quantitative estimate of drug-likeness (QED) is 0.779. The molecule has 6 nitrogen and oxygen atoms in total. The highest BCUT2D eigenvalue weighted by Gasteiger charge is 2.14. The standard InChI is InChI=1S/C15H11F2N5O/c1-22-13(23)5-4-12(21-22)9-7-19-15(18)20-14(9)8-2-3-10(16)11(17)6-8/h2-7H,1H3,(H2,18,19,20). The van der Waals surface area contributed by atoms with Gasteiger partial charge in [0.2, 0.25) is 5.95 Å². The van der Waals surface area contributed by atoms with Crippen molar-refractivity contribution in [2.45, 2.75) is 0 Å². The smallest absolute Gasteiger partial charge is 0.266 e. The maximum atomic E-state index is 13.5. The Kier molecular flexibility index (Phi) is 3.57. The third-order valence-corrected chi connectivity index (χ3v) is 3.24. The van der Waals surface area contributed by atoms with E-state index in [2.05, 4.69) is 15.1 Å². The van der Waals surface area contributed by atoms with Crippen molar-refractivity contribution in [3.05, 3.63) is 58.5 Å². The van der Waals surface area contributed by atoms with Gasteiger partial charge in [-0.25, -0.2) is 23.4 Å². The van der Waals surface area contributed by atoms with Gasteiger partial charge in [0, 0.05) is 30.4 Å². The fourth-order valence-corrected chi connectivity index (χ4v) is 2.09. The summed E-state index contributed by atoms with van der Waals surface area (Å²) < 4.78 is 27.8. The molecular weight excluding hydrogens is 304 g/mol. The Hall–Kier alpha value is -3.16. The van der Waals surface area contributed by atoms with E-state index in [4.69, 9.17) is 5.73 Å². The van der Waals surface area contributed by atoms with E-state index in [1.807, 2.05) is 0 Å². The largest absolute Gasteiger partial charge is 0.368 e. The van der Waals surface area contributed by atoms with Gasteiger partial charge in [0.25, 0.3) is 5.56 Å². The molecule has 0 unspecified atom stereocenters. The van der Waals surface area contributed by atoms with E-state index in [-0.39, 0.29) is 11.5 Å². The van der Waals surface area contributed by atoms with Gasteiger partial charge >= 0.3 is 0 Å². The molecule has 0 aliphatic carbocycles. The van der Waals surface area contributed by atoms with Crippen LogP contribution in [0.5, 0.6) is 0 Å². The summed E-state index contributed by atoms with van der Waals surface area (Å²) in [5.41, 5.74) is 6.79. The van der Waals surface area contributed by atoms with Gasteiger partial charge in [-0.15, -0.1) is 0 Å². The number of halogens is 2. The summed E-state index contributed by atoms with van der Waals surface area (Å²) in [4.78, 5) is 19.4. The Labute approximate surface area is 129 Å². The lowest BCUT2D eigenvalue weighted by atomic mass is 10.0. The van der Waals surface area contributed by atoms with E-state index >= 15 is 0 Å². The predicted molar refractivity (Wildman–Crippen MR) is 80.3 cm³/mol. The zero-order chi connectivity index (χ0) is 16.6. The minimum absolute atomic E-state index is 0.0155. The van der Waals surface area contributed by atoms with Gasteiger partial charge in [0.05, 0.1) is 11.4 Å². The van der Waals surface area contributed by atoms with Crippen LogP contribution in [0.1, 0.15) is 0 Å². The summed E-state index contributed by atoms with van der Waals surface area (Å²) in [6.07, 6.45) is 1.42. The molecule has 1 aromatic carbocycles. The van der Waals surface area contributed by atoms with Crippen LogP contribution in [-0.2, 0) is 7.05 Å². The Bertz CT molecular complexity index is 955. The first-order chi connectivity index (χ1) is 11.0. The maximum absolute atomic E-state index is 13.5. The lowest BCUT2D eigenvalue weighted by molar-refractivity contribution is 0.509. The van der Waals surface area contributed by atoms with Crippen LogP contribution in [0.4, 0.5) is 14.7 Å². The van der Waals surface area contributed by atoms with Gasteiger partial charge in [-0.3, -0.25) is 4.79 Å². The normalized spacial score (nSPS) is 10.7. The van der Waals surface area contributed by atoms with Crippen molar-refractivity contribution >= 4 is 5.95 Å². The number of hydrogen-bond donors (Lipinski definition) is 1. The van der Waals surface area contributed by atoms with Crippen molar-refractivity contribution in [2.75, 3.05) is 5.73 Å². The number of nitrogen functional groups attached to an aromatic ring is 1. The predicted octanol–water partition coefficient (Wildman–Crippen LogP) is 1.76. The van der Waals surface area contributed by atoms with Crippen molar-refractivity contribution in [1.29, 1.82) is 0 Å². The number of anilines is 1. The van der Waals surface area contributed by atoms with E-state index in [0.717, 1.165) is 16.8 Å². The maximum Gasteiger partial charge on any atom is 0.266 e. The van der Waals surface area contributed by atoms with Crippen molar-refractivity contribution in [3.8, 4) is 22.5 Å². The SMILES string of the molecule is Cn1nc(-c2cnc(N)nc2-c2ccc(F)c(F)c2)ccc1=O. The van der Waals surface area contributed by atoms with Gasteiger partial charge in [-0.05, 0) is 24.3 Å². The second kappa shape index (κ2) is 5.56. The molecule has 0 saturated carbocycles. The molecule has 3 rings (SSSR count). The number of nitrogens with two attached hydrogens (primary N) is 1. The van der Waals surface area contributed by atoms with Crippen LogP contribution < -0.4 is 11.3 Å². The van der Waals surface area contributed by atoms with E-state index in [0.29, 0.717) is 22.5 Å². The summed E-state index contributed by atoms with van der Waals surface area (Å²) >= 11 is 0. The summed E-state index contributed by atoms with van der Waals surface area (Å²) in [5, 5.41) is 4.11. The average molecular weight is 315 g/mol. The van der Waals surface area contributed by atoms with Crippen LogP contribution in [0.15, 0.2) is 41.3 Å². The van der Waals surface area contributed by atoms with Gasteiger partial charge in [-0.1, -0.05) is 0 Å². The first kappa shape index (κ1) is 14.8. The van der Waals surface area contributed by atoms with Gasteiger partial charge in [0.15, 0.2) is 11.6 Å². The number of aryl methyl sites for hydroxylation is 1. The van der Waals surface area contributed by atoms with Crippen LogP contribution in [0.2, 0.25) is 0 Å². The molecule has 0 aliphatic rings. The molecule has 0 fully saturated rings. The summed E-state index contributed by atoms with van der Waals surface area (Å²) in [5.74, 6) is -1.98. The molecule has 23 heavy (non-hydrogen) atoms. The highest BCUT2D eigenvalue weighted by atomic mass is 19.2. The monoisotopic (exact) mass is 315 g/mol. The lowest BCUT2D eigenvalue weighted by Gasteiger charge is -2.09. The molecule has 0 atom stereocenters. The molecule has 8 heteroatoms. The van der Waals surface area contributed by atoms with Crippen LogP contribution in [0.3, 0.4) is 0 Å². The number of rotatable bonds is 2. The van der Waals surface area contributed by atoms with Crippen LogP contribution in [0, 0.1) is 11.6 Å². The fraction of sp³-hybridized carbons (Fsp3) is 0.0667. The molecule has 0 saturated heterocycles. The zero-order valence-corrected chi connectivity index (χ0v) is 12.0. The minimum Gasteiger partial charge on any atom is -0.368 e. The number of nitrogens with zero attached hydrogens (tertiary/aromatic N) is 4.